The molecular weight excluding hydrogens is 570 g/mol. The molecule has 0 radical (unpaired) electrons. The molecule has 228 valence electrons. The summed E-state index contributed by atoms with van der Waals surface area (Å²) in [6.07, 6.45) is 1.06. The smallest absolute Gasteiger partial charge is 0.306 e. The zero-order valence-corrected chi connectivity index (χ0v) is 25.4. The van der Waals surface area contributed by atoms with Crippen LogP contribution in [0, 0.1) is 6.92 Å². The van der Waals surface area contributed by atoms with Gasteiger partial charge in [0.2, 0.25) is 0 Å². The molecule has 3 aliphatic heterocycles. The van der Waals surface area contributed by atoms with Gasteiger partial charge in [-0.1, -0.05) is 12.1 Å². The lowest BCUT2D eigenvalue weighted by atomic mass is 9.92. The van der Waals surface area contributed by atoms with Crippen LogP contribution in [0.3, 0.4) is 0 Å². The highest BCUT2D eigenvalue weighted by Gasteiger charge is 2.27. The molecule has 3 aromatic carbocycles. The number of fused-ring (bicyclic) bond motifs is 4. The number of rotatable bonds is 9. The Kier molecular flexibility index (Phi) is 8.50. The van der Waals surface area contributed by atoms with Gasteiger partial charge >= 0.3 is 5.97 Å². The van der Waals surface area contributed by atoms with Crippen molar-refractivity contribution < 1.29 is 36.9 Å². The average molecular weight is 608 g/mol. The number of carbonyl (C=O) groups excluding carboxylic acids is 1. The predicted molar refractivity (Wildman–Crippen MR) is 162 cm³/mol. The van der Waals surface area contributed by atoms with Crippen LogP contribution in [-0.4, -0.2) is 77.4 Å². The minimum absolute atomic E-state index is 0.00823. The Hall–Kier alpha value is -3.76. The molecule has 0 spiro atoms. The van der Waals surface area contributed by atoms with E-state index in [0.29, 0.717) is 58.2 Å². The van der Waals surface area contributed by atoms with Crippen LogP contribution < -0.4 is 18.9 Å². The van der Waals surface area contributed by atoms with Crippen molar-refractivity contribution in [2.75, 3.05) is 58.1 Å². The number of nitrogens with zero attached hydrogens (tertiary/aromatic N) is 1. The van der Waals surface area contributed by atoms with Crippen molar-refractivity contribution in [2.24, 2.45) is 0 Å². The fourth-order valence-electron chi connectivity index (χ4n) is 5.98. The number of esters is 1. The Bertz CT molecular complexity index is 1610. The summed E-state index contributed by atoms with van der Waals surface area (Å²) in [5.74, 6) is 3.30. The maximum atomic E-state index is 11.7. The van der Waals surface area contributed by atoms with Crippen LogP contribution in [0.1, 0.15) is 34.6 Å². The molecule has 0 N–H and O–H groups in total. The average Bonchev–Trinajstić information content (AvgIpc) is 3.28. The molecule has 3 aromatic rings. The highest BCUT2D eigenvalue weighted by Crippen LogP contribution is 2.41. The molecule has 0 bridgehead atoms. The van der Waals surface area contributed by atoms with Gasteiger partial charge in [-0.3, -0.25) is 9.69 Å². The first-order valence-electron chi connectivity index (χ1n) is 14.7. The van der Waals surface area contributed by atoms with Crippen LogP contribution in [0.5, 0.6) is 23.0 Å². The zero-order chi connectivity index (χ0) is 30.0. The Morgan fingerprint density at radius 1 is 0.977 bits per heavy atom. The van der Waals surface area contributed by atoms with E-state index in [1.54, 1.807) is 0 Å². The molecule has 43 heavy (non-hydrogen) atoms. The number of aryl methyl sites for hydroxylation is 1. The highest BCUT2D eigenvalue weighted by atomic mass is 32.2. The van der Waals surface area contributed by atoms with Gasteiger partial charge in [0.15, 0.2) is 9.84 Å². The molecule has 0 saturated carbocycles. The number of benzene rings is 3. The van der Waals surface area contributed by atoms with Gasteiger partial charge in [-0.25, -0.2) is 8.42 Å². The molecule has 10 heteroatoms. The van der Waals surface area contributed by atoms with Crippen LogP contribution >= 0.6 is 0 Å². The third kappa shape index (κ3) is 6.75. The van der Waals surface area contributed by atoms with E-state index < -0.39 is 9.84 Å². The van der Waals surface area contributed by atoms with Crippen molar-refractivity contribution in [2.45, 2.75) is 32.3 Å². The first-order chi connectivity index (χ1) is 20.8. The van der Waals surface area contributed by atoms with E-state index in [-0.39, 0.29) is 23.4 Å². The summed E-state index contributed by atoms with van der Waals surface area (Å²) in [5.41, 5.74) is 6.49. The summed E-state index contributed by atoms with van der Waals surface area (Å²) < 4.78 is 52.4. The number of ether oxygens (including phenoxy) is 5. The molecular formula is C33H37NO8S. The maximum Gasteiger partial charge on any atom is 0.306 e. The number of methoxy groups -OCH3 is 1. The number of hydrogen-bond donors (Lipinski definition) is 0. The summed E-state index contributed by atoms with van der Waals surface area (Å²) in [4.78, 5) is 13.9. The molecule has 0 amide bonds. The first kappa shape index (κ1) is 29.3. The standard InChI is InChI=1S/C33H37NO8S/c1-22-15-27(39-12-8-34-9-13-43(36,37)14-10-34)17-24-7-11-40-30-6-3-23(16-29(30)33(22)24)20-41-26-4-5-28-25(18-32(35)38-2)21-42-31(28)19-26/h3-6,15-17,19,25H,7-14,18,20-21H2,1-2H3/t25-/m1/s1. The topological polar surface area (TPSA) is 101 Å². The van der Waals surface area contributed by atoms with Gasteiger partial charge < -0.3 is 23.7 Å². The second-order valence-corrected chi connectivity index (χ2v) is 13.6. The monoisotopic (exact) mass is 607 g/mol. The van der Waals surface area contributed by atoms with E-state index in [4.69, 9.17) is 23.7 Å². The molecule has 3 aliphatic rings. The van der Waals surface area contributed by atoms with Crippen LogP contribution in [0.15, 0.2) is 48.5 Å². The van der Waals surface area contributed by atoms with E-state index in [0.717, 1.165) is 51.5 Å². The molecule has 3 heterocycles. The molecule has 1 saturated heterocycles. The fourth-order valence-corrected chi connectivity index (χ4v) is 7.26. The second kappa shape index (κ2) is 12.5. The predicted octanol–water partition coefficient (Wildman–Crippen LogP) is 4.32. The molecule has 0 aromatic heterocycles. The van der Waals surface area contributed by atoms with Crippen molar-refractivity contribution in [1.29, 1.82) is 0 Å². The van der Waals surface area contributed by atoms with Gasteiger partial charge in [-0.2, -0.15) is 0 Å². The van der Waals surface area contributed by atoms with Gasteiger partial charge in [-0.15, -0.1) is 0 Å². The normalized spacial score (nSPS) is 18.7. The quantitative estimate of drug-likeness (QED) is 0.329. The number of sulfone groups is 1. The summed E-state index contributed by atoms with van der Waals surface area (Å²) in [6, 6.07) is 16.1. The lowest BCUT2D eigenvalue weighted by Crippen LogP contribution is -2.42. The number of hydrogen-bond acceptors (Lipinski definition) is 9. The summed E-state index contributed by atoms with van der Waals surface area (Å²) in [6.45, 7) is 5.84. The molecule has 0 unspecified atom stereocenters. The van der Waals surface area contributed by atoms with Crippen molar-refractivity contribution in [3.05, 3.63) is 70.8 Å². The van der Waals surface area contributed by atoms with Crippen molar-refractivity contribution in [1.82, 2.24) is 4.90 Å². The lowest BCUT2D eigenvalue weighted by Gasteiger charge is -2.26. The fraction of sp³-hybridized carbons (Fsp3) is 0.424. The van der Waals surface area contributed by atoms with E-state index >= 15 is 0 Å². The molecule has 9 nitrogen and oxygen atoms in total. The van der Waals surface area contributed by atoms with Crippen molar-refractivity contribution >= 4 is 15.8 Å². The Morgan fingerprint density at radius 3 is 2.63 bits per heavy atom. The SMILES string of the molecule is COC(=O)C[C@@H]1COc2cc(OCc3ccc4c(c3)-c3c(C)cc(OCCN5CCS(=O)(=O)CC5)cc3CCO4)ccc21. The van der Waals surface area contributed by atoms with Crippen molar-refractivity contribution in [3.8, 4) is 34.1 Å². The minimum Gasteiger partial charge on any atom is -0.493 e. The van der Waals surface area contributed by atoms with Crippen LogP contribution in [-0.2, 0) is 32.4 Å². The van der Waals surface area contributed by atoms with Crippen LogP contribution in [0.4, 0.5) is 0 Å². The Balaban J connectivity index is 1.12. The van der Waals surface area contributed by atoms with Gasteiger partial charge in [0.25, 0.3) is 0 Å². The summed E-state index contributed by atoms with van der Waals surface area (Å²) in [7, 11) is -1.49. The highest BCUT2D eigenvalue weighted by molar-refractivity contribution is 7.91. The van der Waals surface area contributed by atoms with Crippen molar-refractivity contribution in [3.63, 3.8) is 0 Å². The van der Waals surface area contributed by atoms with Gasteiger partial charge in [0.1, 0.15) is 36.2 Å². The third-order valence-electron chi connectivity index (χ3n) is 8.36. The number of carbonyl (C=O) groups is 1. The lowest BCUT2D eigenvalue weighted by molar-refractivity contribution is -0.141. The van der Waals surface area contributed by atoms with Crippen LogP contribution in [0.25, 0.3) is 11.1 Å². The Morgan fingerprint density at radius 2 is 1.81 bits per heavy atom. The summed E-state index contributed by atoms with van der Waals surface area (Å²) in [5, 5.41) is 0. The summed E-state index contributed by atoms with van der Waals surface area (Å²) >= 11 is 0. The van der Waals surface area contributed by atoms with Gasteiger partial charge in [0, 0.05) is 49.2 Å². The van der Waals surface area contributed by atoms with E-state index in [1.165, 1.54) is 12.7 Å². The third-order valence-corrected chi connectivity index (χ3v) is 9.97. The zero-order valence-electron chi connectivity index (χ0n) is 24.6. The molecule has 1 atom stereocenters. The van der Waals surface area contributed by atoms with E-state index in [9.17, 15) is 13.2 Å². The van der Waals surface area contributed by atoms with E-state index in [1.807, 2.05) is 30.3 Å². The molecule has 1 fully saturated rings. The Labute approximate surface area is 252 Å². The second-order valence-electron chi connectivity index (χ2n) is 11.3. The van der Waals surface area contributed by atoms with Gasteiger partial charge in [-0.05, 0) is 59.5 Å². The first-order valence-corrected chi connectivity index (χ1v) is 16.5. The minimum atomic E-state index is -2.89. The van der Waals surface area contributed by atoms with Crippen LogP contribution in [0.2, 0.25) is 0 Å². The maximum absolute atomic E-state index is 11.7. The van der Waals surface area contributed by atoms with Gasteiger partial charge in [0.05, 0.1) is 38.3 Å². The molecule has 0 aliphatic carbocycles. The van der Waals surface area contributed by atoms with E-state index in [2.05, 4.69) is 30.0 Å². The largest absolute Gasteiger partial charge is 0.493 e. The molecule has 6 rings (SSSR count).